The number of carbonyl (C=O) groups excluding carboxylic acids is 3. The Kier molecular flexibility index (Phi) is 9.33. The second-order valence-electron chi connectivity index (χ2n) is 12.4. The van der Waals surface area contributed by atoms with E-state index < -0.39 is 23.6 Å². The maximum atomic E-state index is 14.1. The molecule has 6 rings (SSSR count). The number of hydrogen-bond acceptors (Lipinski definition) is 8. The molecule has 236 valence electrons. The Bertz CT molecular complexity index is 1630. The first kappa shape index (κ1) is 31.4. The zero-order chi connectivity index (χ0) is 31.6. The normalized spacial score (nSPS) is 28.0. The number of nitrogens with two attached hydrogens (primary N) is 1. The molecule has 0 spiro atoms. The molecule has 1 aromatic heterocycles. The number of para-hydroxylation sites is 2. The highest BCUT2D eigenvalue weighted by Gasteiger charge is 2.61. The number of hydrogen-bond donors (Lipinski definition) is 1. The van der Waals surface area contributed by atoms with Crippen molar-refractivity contribution >= 4 is 44.6 Å². The van der Waals surface area contributed by atoms with Gasteiger partial charge in [0.2, 0.25) is 11.8 Å². The standard InChI is InChI=1S/C35H39BrN4O5/c1-2-44-34(43)35-19-23(35)12-6-4-3-5-7-14-26(37)33(42)40-21-25(18-29(40)30(41)20-35)45-32-31(22-11-10-13-24(36)17-22)38-27-15-8-9-16-28(27)39-32/h6,8-13,15-17,23,25-26,29H,2-5,7,14,18-21,37H2,1H3/b12-6-/t23-,25+,26-,29-,35+/m0/s1. The van der Waals surface area contributed by atoms with Gasteiger partial charge in [-0.15, -0.1) is 0 Å². The second kappa shape index (κ2) is 13.4. The predicted octanol–water partition coefficient (Wildman–Crippen LogP) is 5.78. The SMILES string of the molecule is CCOC(=O)[C@]12CC(=O)[C@@H]3C[C@@H](Oc4nc5ccccc5nc4-c4cccc(Br)c4)CN3C(=O)[C@@H](N)CCCCC/C=C\[C@H]1C2. The predicted molar refractivity (Wildman–Crippen MR) is 174 cm³/mol. The minimum absolute atomic E-state index is 0.0102. The van der Waals surface area contributed by atoms with Crippen LogP contribution in [0, 0.1) is 11.3 Å². The third-order valence-corrected chi connectivity index (χ3v) is 9.70. The summed E-state index contributed by atoms with van der Waals surface area (Å²) in [5.74, 6) is -0.493. The summed E-state index contributed by atoms with van der Waals surface area (Å²) in [5, 5.41) is 0. The lowest BCUT2D eigenvalue weighted by molar-refractivity contribution is -0.152. The molecule has 9 nitrogen and oxygen atoms in total. The molecule has 0 radical (unpaired) electrons. The molecule has 10 heteroatoms. The monoisotopic (exact) mass is 674 g/mol. The van der Waals surface area contributed by atoms with Crippen LogP contribution in [0.25, 0.3) is 22.3 Å². The molecule has 1 aliphatic carbocycles. The first-order chi connectivity index (χ1) is 21.8. The Hall–Kier alpha value is -3.63. The minimum Gasteiger partial charge on any atom is -0.471 e. The number of ether oxygens (including phenoxy) is 2. The number of aromatic nitrogens is 2. The fraction of sp³-hybridized carbons (Fsp3) is 0.457. The van der Waals surface area contributed by atoms with Crippen LogP contribution in [0.2, 0.25) is 0 Å². The smallest absolute Gasteiger partial charge is 0.313 e. The van der Waals surface area contributed by atoms with Crippen LogP contribution in [0.1, 0.15) is 58.3 Å². The molecular weight excluding hydrogens is 636 g/mol. The van der Waals surface area contributed by atoms with Crippen molar-refractivity contribution in [2.24, 2.45) is 17.1 Å². The van der Waals surface area contributed by atoms with Crippen molar-refractivity contribution in [3.63, 3.8) is 0 Å². The first-order valence-corrected chi connectivity index (χ1v) is 16.7. The van der Waals surface area contributed by atoms with E-state index in [1.165, 1.54) is 0 Å². The van der Waals surface area contributed by atoms with Crippen molar-refractivity contribution in [1.82, 2.24) is 14.9 Å². The lowest BCUT2D eigenvalue weighted by atomic mass is 9.91. The summed E-state index contributed by atoms with van der Waals surface area (Å²) in [7, 11) is 0. The van der Waals surface area contributed by atoms with Crippen molar-refractivity contribution in [3.8, 4) is 17.1 Å². The van der Waals surface area contributed by atoms with Gasteiger partial charge in [-0.1, -0.05) is 65.2 Å². The van der Waals surface area contributed by atoms with E-state index in [0.29, 0.717) is 29.9 Å². The van der Waals surface area contributed by atoms with Gasteiger partial charge in [0.05, 0.1) is 41.7 Å². The Morgan fingerprint density at radius 3 is 2.67 bits per heavy atom. The van der Waals surface area contributed by atoms with Gasteiger partial charge in [0, 0.05) is 22.9 Å². The molecule has 2 aromatic carbocycles. The van der Waals surface area contributed by atoms with Crippen LogP contribution >= 0.6 is 15.9 Å². The van der Waals surface area contributed by atoms with Crippen LogP contribution in [0.3, 0.4) is 0 Å². The number of amides is 1. The fourth-order valence-corrected chi connectivity index (χ4v) is 7.08. The van der Waals surface area contributed by atoms with Crippen LogP contribution < -0.4 is 10.5 Å². The molecule has 2 aliphatic heterocycles. The molecule has 0 unspecified atom stereocenters. The summed E-state index contributed by atoms with van der Waals surface area (Å²) in [5.41, 5.74) is 8.34. The molecule has 1 saturated carbocycles. The van der Waals surface area contributed by atoms with E-state index in [1.54, 1.807) is 11.8 Å². The number of nitrogens with zero attached hydrogens (tertiary/aromatic N) is 3. The summed E-state index contributed by atoms with van der Waals surface area (Å²) in [6.45, 7) is 2.21. The Labute approximate surface area is 271 Å². The number of benzene rings is 2. The van der Waals surface area contributed by atoms with E-state index >= 15 is 0 Å². The largest absolute Gasteiger partial charge is 0.471 e. The molecule has 2 N–H and O–H groups in total. The van der Waals surface area contributed by atoms with Crippen LogP contribution in [0.4, 0.5) is 0 Å². The van der Waals surface area contributed by atoms with E-state index in [9.17, 15) is 14.4 Å². The molecule has 1 saturated heterocycles. The third-order valence-electron chi connectivity index (χ3n) is 9.21. The van der Waals surface area contributed by atoms with Crippen molar-refractivity contribution in [3.05, 3.63) is 65.2 Å². The number of ketones is 1. The van der Waals surface area contributed by atoms with Crippen LogP contribution in [-0.4, -0.2) is 63.9 Å². The van der Waals surface area contributed by atoms with Gasteiger partial charge in [-0.2, -0.15) is 0 Å². The highest BCUT2D eigenvalue weighted by atomic mass is 79.9. The third kappa shape index (κ3) is 6.67. The van der Waals surface area contributed by atoms with E-state index in [1.807, 2.05) is 48.5 Å². The zero-order valence-electron chi connectivity index (χ0n) is 25.5. The molecule has 45 heavy (non-hydrogen) atoms. The average molecular weight is 676 g/mol. The van der Waals surface area contributed by atoms with Crippen molar-refractivity contribution in [2.45, 2.75) is 76.5 Å². The molecule has 0 bridgehead atoms. The van der Waals surface area contributed by atoms with Gasteiger partial charge >= 0.3 is 5.97 Å². The number of carbonyl (C=O) groups is 3. The van der Waals surface area contributed by atoms with Crippen LogP contribution in [0.5, 0.6) is 5.88 Å². The van der Waals surface area contributed by atoms with Gasteiger partial charge in [-0.25, -0.2) is 9.97 Å². The summed E-state index contributed by atoms with van der Waals surface area (Å²) >= 11 is 3.55. The van der Waals surface area contributed by atoms with Crippen molar-refractivity contribution in [1.29, 1.82) is 0 Å². The summed E-state index contributed by atoms with van der Waals surface area (Å²) in [4.78, 5) is 52.3. The topological polar surface area (TPSA) is 125 Å². The fourth-order valence-electron chi connectivity index (χ4n) is 6.68. The number of fused-ring (bicyclic) bond motifs is 3. The Morgan fingerprint density at radius 1 is 1.09 bits per heavy atom. The van der Waals surface area contributed by atoms with Gasteiger partial charge < -0.3 is 20.1 Å². The van der Waals surface area contributed by atoms with Crippen LogP contribution in [0.15, 0.2) is 65.2 Å². The molecule has 3 heterocycles. The van der Waals surface area contributed by atoms with Gasteiger partial charge in [-0.05, 0) is 62.8 Å². The van der Waals surface area contributed by atoms with Crippen molar-refractivity contribution < 1.29 is 23.9 Å². The highest BCUT2D eigenvalue weighted by Crippen LogP contribution is 2.57. The summed E-state index contributed by atoms with van der Waals surface area (Å²) in [6.07, 6.45) is 8.69. The molecule has 3 aromatic rings. The molecular formula is C35H39BrN4O5. The summed E-state index contributed by atoms with van der Waals surface area (Å²) in [6, 6.07) is 13.8. The van der Waals surface area contributed by atoms with E-state index in [4.69, 9.17) is 25.2 Å². The minimum atomic E-state index is -0.892. The lowest BCUT2D eigenvalue weighted by Gasteiger charge is -2.27. The first-order valence-electron chi connectivity index (χ1n) is 15.9. The van der Waals surface area contributed by atoms with Gasteiger partial charge in [-0.3, -0.25) is 14.4 Å². The number of halogens is 1. The Morgan fingerprint density at radius 2 is 1.89 bits per heavy atom. The quantitative estimate of drug-likeness (QED) is 0.267. The van der Waals surface area contributed by atoms with E-state index in [2.05, 4.69) is 28.1 Å². The van der Waals surface area contributed by atoms with Gasteiger partial charge in [0.15, 0.2) is 5.78 Å². The molecule has 1 amide bonds. The zero-order valence-corrected chi connectivity index (χ0v) is 27.1. The van der Waals surface area contributed by atoms with Gasteiger partial charge in [0.1, 0.15) is 11.8 Å². The number of Topliss-reactive ketones (excluding diaryl/α,β-unsaturated/α-hetero) is 1. The summed E-state index contributed by atoms with van der Waals surface area (Å²) < 4.78 is 12.9. The van der Waals surface area contributed by atoms with Gasteiger partial charge in [0.25, 0.3) is 0 Å². The molecule has 2 fully saturated rings. The number of rotatable bonds is 5. The van der Waals surface area contributed by atoms with E-state index in [-0.39, 0.29) is 49.6 Å². The highest BCUT2D eigenvalue weighted by molar-refractivity contribution is 9.10. The Balaban J connectivity index is 1.32. The maximum Gasteiger partial charge on any atom is 0.313 e. The molecule has 5 atom stereocenters. The number of allylic oxidation sites excluding steroid dienone is 2. The van der Waals surface area contributed by atoms with Crippen molar-refractivity contribution in [2.75, 3.05) is 13.2 Å². The molecule has 3 aliphatic rings. The van der Waals surface area contributed by atoms with Crippen LogP contribution in [-0.2, 0) is 19.1 Å². The second-order valence-corrected chi connectivity index (χ2v) is 13.3. The average Bonchev–Trinajstić information content (AvgIpc) is 3.56. The maximum absolute atomic E-state index is 14.1. The number of esters is 1. The van der Waals surface area contributed by atoms with E-state index in [0.717, 1.165) is 41.2 Å². The lowest BCUT2D eigenvalue weighted by Crippen LogP contribution is -2.49.